The van der Waals surface area contributed by atoms with Gasteiger partial charge in [0.05, 0.1) is 12.7 Å². The van der Waals surface area contributed by atoms with Gasteiger partial charge in [-0.1, -0.05) is 0 Å². The van der Waals surface area contributed by atoms with Crippen molar-refractivity contribution in [1.29, 1.82) is 5.41 Å². The van der Waals surface area contributed by atoms with E-state index in [9.17, 15) is 4.79 Å². The van der Waals surface area contributed by atoms with Crippen LogP contribution in [0.15, 0.2) is 18.2 Å². The standard InChI is InChI=1S/C9H11N3O2/c1-14-7-4-5(9(12)13)2-3-6(7)8(10)11/h2-4H,1H3,(H3,10,11)(H2,12,13). The molecule has 1 aromatic rings. The molecule has 0 saturated heterocycles. The van der Waals surface area contributed by atoms with Gasteiger partial charge < -0.3 is 16.2 Å². The van der Waals surface area contributed by atoms with E-state index in [4.69, 9.17) is 21.6 Å². The van der Waals surface area contributed by atoms with Crippen LogP contribution in [0.2, 0.25) is 0 Å². The van der Waals surface area contributed by atoms with Gasteiger partial charge in [0.1, 0.15) is 11.6 Å². The number of ether oxygens (including phenoxy) is 1. The number of carbonyl (C=O) groups is 1. The Morgan fingerprint density at radius 1 is 1.43 bits per heavy atom. The highest BCUT2D eigenvalue weighted by Crippen LogP contribution is 2.19. The Balaban J connectivity index is 3.25. The number of benzene rings is 1. The van der Waals surface area contributed by atoms with E-state index in [1.165, 1.54) is 25.3 Å². The van der Waals surface area contributed by atoms with Crippen molar-refractivity contribution in [2.45, 2.75) is 0 Å². The first-order chi connectivity index (χ1) is 6.56. The van der Waals surface area contributed by atoms with Crippen molar-refractivity contribution in [2.75, 3.05) is 7.11 Å². The molecule has 0 fully saturated rings. The first-order valence-electron chi connectivity index (χ1n) is 3.88. The van der Waals surface area contributed by atoms with Gasteiger partial charge in [0.25, 0.3) is 0 Å². The summed E-state index contributed by atoms with van der Waals surface area (Å²) >= 11 is 0. The highest BCUT2D eigenvalue weighted by atomic mass is 16.5. The molecule has 14 heavy (non-hydrogen) atoms. The molecule has 0 radical (unpaired) electrons. The number of nitrogens with one attached hydrogen (secondary N) is 1. The van der Waals surface area contributed by atoms with Gasteiger partial charge in [0.2, 0.25) is 5.91 Å². The number of amidine groups is 1. The molecule has 0 heterocycles. The Bertz CT molecular complexity index is 388. The van der Waals surface area contributed by atoms with Gasteiger partial charge in [0.15, 0.2) is 0 Å². The predicted molar refractivity (Wildman–Crippen MR) is 52.5 cm³/mol. The lowest BCUT2D eigenvalue weighted by atomic mass is 10.1. The van der Waals surface area contributed by atoms with Crippen LogP contribution in [0.25, 0.3) is 0 Å². The van der Waals surface area contributed by atoms with E-state index < -0.39 is 5.91 Å². The lowest BCUT2D eigenvalue weighted by Gasteiger charge is -2.07. The molecule has 74 valence electrons. The predicted octanol–water partition coefficient (Wildman–Crippen LogP) is 0.0782. The molecule has 5 nitrogen and oxygen atoms in total. The quantitative estimate of drug-likeness (QED) is 0.467. The highest BCUT2D eigenvalue weighted by molar-refractivity contribution is 6.00. The fraction of sp³-hybridized carbons (Fsp3) is 0.111. The topological polar surface area (TPSA) is 102 Å². The Kier molecular flexibility index (Phi) is 2.71. The fourth-order valence-electron chi connectivity index (χ4n) is 1.07. The van der Waals surface area contributed by atoms with E-state index in [0.29, 0.717) is 16.9 Å². The molecule has 1 aromatic carbocycles. The summed E-state index contributed by atoms with van der Waals surface area (Å²) in [4.78, 5) is 10.8. The number of nitrogens with two attached hydrogens (primary N) is 2. The van der Waals surface area contributed by atoms with Crippen molar-refractivity contribution in [1.82, 2.24) is 0 Å². The SMILES string of the molecule is COc1cc(C(N)=O)ccc1C(=N)N. The van der Waals surface area contributed by atoms with Gasteiger partial charge >= 0.3 is 0 Å². The summed E-state index contributed by atoms with van der Waals surface area (Å²) in [6, 6.07) is 4.49. The second kappa shape index (κ2) is 3.78. The third-order valence-electron chi connectivity index (χ3n) is 1.78. The summed E-state index contributed by atoms with van der Waals surface area (Å²) in [5, 5.41) is 7.24. The normalized spacial score (nSPS) is 9.50. The van der Waals surface area contributed by atoms with Crippen LogP contribution in [0, 0.1) is 5.41 Å². The third-order valence-corrected chi connectivity index (χ3v) is 1.78. The second-order valence-corrected chi connectivity index (χ2v) is 2.69. The number of rotatable bonds is 3. The zero-order valence-electron chi connectivity index (χ0n) is 7.70. The average Bonchev–Trinajstić information content (AvgIpc) is 2.16. The summed E-state index contributed by atoms with van der Waals surface area (Å²) < 4.78 is 4.97. The lowest BCUT2D eigenvalue weighted by Crippen LogP contribution is -2.15. The summed E-state index contributed by atoms with van der Waals surface area (Å²) in [7, 11) is 1.44. The van der Waals surface area contributed by atoms with E-state index in [1.54, 1.807) is 0 Å². The monoisotopic (exact) mass is 193 g/mol. The van der Waals surface area contributed by atoms with Crippen LogP contribution in [-0.4, -0.2) is 18.9 Å². The Hall–Kier alpha value is -2.04. The van der Waals surface area contributed by atoms with E-state index in [0.717, 1.165) is 0 Å². The first kappa shape index (κ1) is 10.0. The van der Waals surface area contributed by atoms with Crippen molar-refractivity contribution < 1.29 is 9.53 Å². The molecule has 0 unspecified atom stereocenters. The molecule has 0 aliphatic heterocycles. The minimum atomic E-state index is -0.543. The molecule has 0 aliphatic carbocycles. The molecule has 0 spiro atoms. The maximum atomic E-state index is 10.8. The van der Waals surface area contributed by atoms with Crippen LogP contribution in [0.5, 0.6) is 5.75 Å². The van der Waals surface area contributed by atoms with Gasteiger partial charge in [-0.2, -0.15) is 0 Å². The van der Waals surface area contributed by atoms with Crippen molar-refractivity contribution in [2.24, 2.45) is 11.5 Å². The van der Waals surface area contributed by atoms with Crippen LogP contribution in [0.3, 0.4) is 0 Å². The summed E-state index contributed by atoms with van der Waals surface area (Å²) in [6.45, 7) is 0. The molecule has 0 bridgehead atoms. The minimum absolute atomic E-state index is 0.113. The first-order valence-corrected chi connectivity index (χ1v) is 3.88. The molecule has 0 aromatic heterocycles. The molecule has 0 saturated carbocycles. The maximum absolute atomic E-state index is 10.8. The molecule has 0 atom stereocenters. The zero-order valence-corrected chi connectivity index (χ0v) is 7.70. The largest absolute Gasteiger partial charge is 0.496 e. The lowest BCUT2D eigenvalue weighted by molar-refractivity contribution is 0.1000. The van der Waals surface area contributed by atoms with E-state index in [2.05, 4.69) is 0 Å². The summed E-state index contributed by atoms with van der Waals surface area (Å²) in [5.41, 5.74) is 11.2. The number of primary amides is 1. The molecule has 1 rings (SSSR count). The number of carbonyl (C=O) groups excluding carboxylic acids is 1. The third kappa shape index (κ3) is 1.82. The van der Waals surface area contributed by atoms with E-state index >= 15 is 0 Å². The molecule has 5 heteroatoms. The van der Waals surface area contributed by atoms with Gasteiger partial charge in [0, 0.05) is 5.56 Å². The smallest absolute Gasteiger partial charge is 0.248 e. The number of amides is 1. The summed E-state index contributed by atoms with van der Waals surface area (Å²) in [5.74, 6) is -0.287. The molecular formula is C9H11N3O2. The second-order valence-electron chi connectivity index (χ2n) is 2.69. The van der Waals surface area contributed by atoms with Gasteiger partial charge in [-0.3, -0.25) is 10.2 Å². The zero-order chi connectivity index (χ0) is 10.7. The molecule has 5 N–H and O–H groups in total. The van der Waals surface area contributed by atoms with E-state index in [1.807, 2.05) is 0 Å². The van der Waals surface area contributed by atoms with Crippen molar-refractivity contribution >= 4 is 11.7 Å². The Morgan fingerprint density at radius 3 is 2.50 bits per heavy atom. The fourth-order valence-corrected chi connectivity index (χ4v) is 1.07. The molecule has 1 amide bonds. The van der Waals surface area contributed by atoms with Crippen LogP contribution >= 0.6 is 0 Å². The van der Waals surface area contributed by atoms with Crippen LogP contribution in [0.4, 0.5) is 0 Å². The average molecular weight is 193 g/mol. The Morgan fingerprint density at radius 2 is 2.07 bits per heavy atom. The van der Waals surface area contributed by atoms with Crippen molar-refractivity contribution in [3.8, 4) is 5.75 Å². The van der Waals surface area contributed by atoms with Crippen LogP contribution < -0.4 is 16.2 Å². The molecular weight excluding hydrogens is 182 g/mol. The van der Waals surface area contributed by atoms with Gasteiger partial charge in [-0.15, -0.1) is 0 Å². The van der Waals surface area contributed by atoms with Gasteiger partial charge in [-0.25, -0.2) is 0 Å². The van der Waals surface area contributed by atoms with Crippen LogP contribution in [0.1, 0.15) is 15.9 Å². The number of hydrogen-bond donors (Lipinski definition) is 3. The number of methoxy groups -OCH3 is 1. The maximum Gasteiger partial charge on any atom is 0.248 e. The van der Waals surface area contributed by atoms with E-state index in [-0.39, 0.29) is 5.84 Å². The van der Waals surface area contributed by atoms with Gasteiger partial charge in [-0.05, 0) is 18.2 Å². The minimum Gasteiger partial charge on any atom is -0.496 e. The van der Waals surface area contributed by atoms with Crippen molar-refractivity contribution in [3.63, 3.8) is 0 Å². The van der Waals surface area contributed by atoms with Crippen LogP contribution in [-0.2, 0) is 0 Å². The summed E-state index contributed by atoms with van der Waals surface area (Å²) in [6.07, 6.45) is 0. The highest BCUT2D eigenvalue weighted by Gasteiger charge is 2.09. The number of hydrogen-bond acceptors (Lipinski definition) is 3. The number of nitrogen functional groups attached to an aromatic ring is 1. The Labute approximate surface area is 81.2 Å². The van der Waals surface area contributed by atoms with Crippen molar-refractivity contribution in [3.05, 3.63) is 29.3 Å². The molecule has 0 aliphatic rings.